The quantitative estimate of drug-likeness (QED) is 0.152. The number of benzene rings is 10. The normalized spacial score (nSPS) is 24.4. The van der Waals surface area contributed by atoms with Crippen molar-refractivity contribution in [2.75, 3.05) is 0 Å². The number of nitrogens with zero attached hydrogens (tertiary/aromatic N) is 1. The Morgan fingerprint density at radius 1 is 0.319 bits per heavy atom. The first-order valence-electron chi connectivity index (χ1n) is 25.7. The molecule has 2 aromatic heterocycles. The Kier molecular flexibility index (Phi) is 5.68. The fraction of sp³-hybridized carbons (Fsp3) is 0.101. The van der Waals surface area contributed by atoms with Crippen molar-refractivity contribution in [1.29, 1.82) is 0 Å². The highest BCUT2D eigenvalue weighted by molar-refractivity contribution is 6.29. The van der Waals surface area contributed by atoms with Crippen molar-refractivity contribution in [3.8, 4) is 22.3 Å². The number of carbonyl (C=O) groups is 2. The average molecular weight is 912 g/mol. The van der Waals surface area contributed by atoms with E-state index in [1.807, 2.05) is 0 Å². The number of rotatable bonds is 0. The molecule has 0 fully saturated rings. The lowest BCUT2D eigenvalue weighted by Gasteiger charge is -2.64. The SMILES string of the molecule is O=C1c2cc3c(cc2C2c4ccccc4C24c2ccccc2C14)c1cc2c(c4c5cc6c(cc5n3c14)C(=O)C1c3ccccc3C13c1ccccc1C63)C1(c3ccccc3-c3ccccc31)c1ccccc1-2. The highest BCUT2D eigenvalue weighted by Gasteiger charge is 2.71. The summed E-state index contributed by atoms with van der Waals surface area (Å²) in [4.78, 5) is 31.3. The second-order valence-electron chi connectivity index (χ2n) is 22.3. The minimum Gasteiger partial charge on any atom is -0.308 e. The third-order valence-corrected chi connectivity index (χ3v) is 20.2. The molecular formula is C69H37NO2. The van der Waals surface area contributed by atoms with E-state index in [9.17, 15) is 0 Å². The predicted molar refractivity (Wildman–Crippen MR) is 283 cm³/mol. The van der Waals surface area contributed by atoms with Gasteiger partial charge in [-0.05, 0) is 130 Å². The van der Waals surface area contributed by atoms with E-state index in [1.54, 1.807) is 0 Å². The fourth-order valence-corrected chi connectivity index (χ4v) is 18.1. The molecule has 3 spiro atoms. The van der Waals surface area contributed by atoms with E-state index < -0.39 is 5.41 Å². The van der Waals surface area contributed by atoms with Crippen LogP contribution in [-0.2, 0) is 16.2 Å². The zero-order chi connectivity index (χ0) is 46.5. The van der Waals surface area contributed by atoms with Gasteiger partial charge in [-0.1, -0.05) is 170 Å². The Bertz CT molecular complexity index is 4690. The Morgan fingerprint density at radius 3 is 1.17 bits per heavy atom. The molecular weight excluding hydrogens is 875 g/mol. The molecule has 6 unspecified atom stereocenters. The summed E-state index contributed by atoms with van der Waals surface area (Å²) in [6.45, 7) is 0. The maximum absolute atomic E-state index is 15.7. The molecule has 72 heavy (non-hydrogen) atoms. The molecule has 0 radical (unpaired) electrons. The fourth-order valence-electron chi connectivity index (χ4n) is 18.1. The van der Waals surface area contributed by atoms with Gasteiger partial charge in [0, 0.05) is 55.3 Å². The summed E-state index contributed by atoms with van der Waals surface area (Å²) in [5.74, 6) is 0.0854. The zero-order valence-corrected chi connectivity index (χ0v) is 38.6. The van der Waals surface area contributed by atoms with Crippen LogP contribution >= 0.6 is 0 Å². The van der Waals surface area contributed by atoms with Gasteiger partial charge in [0.2, 0.25) is 0 Å². The molecule has 12 aromatic rings. The largest absolute Gasteiger partial charge is 0.308 e. The molecule has 0 saturated heterocycles. The van der Waals surface area contributed by atoms with E-state index in [1.165, 1.54) is 105 Å². The number of fused-ring (bicyclic) bond motifs is 29. The molecule has 6 atom stereocenters. The molecule has 3 heteroatoms. The maximum atomic E-state index is 15.7. The van der Waals surface area contributed by atoms with E-state index in [2.05, 4.69) is 205 Å². The first-order valence-corrected chi connectivity index (χ1v) is 25.7. The van der Waals surface area contributed by atoms with Crippen LogP contribution in [-0.4, -0.2) is 16.0 Å². The van der Waals surface area contributed by atoms with Crippen LogP contribution in [0.5, 0.6) is 0 Å². The van der Waals surface area contributed by atoms with Crippen molar-refractivity contribution in [2.24, 2.45) is 0 Å². The summed E-state index contributed by atoms with van der Waals surface area (Å²) in [5, 5.41) is 4.76. The van der Waals surface area contributed by atoms with E-state index in [4.69, 9.17) is 0 Å². The molecule has 0 saturated carbocycles. The smallest absolute Gasteiger partial charge is 0.171 e. The van der Waals surface area contributed by atoms with Gasteiger partial charge in [0.25, 0.3) is 0 Å². The maximum Gasteiger partial charge on any atom is 0.171 e. The van der Waals surface area contributed by atoms with Gasteiger partial charge in [0.1, 0.15) is 0 Å². The Balaban J connectivity index is 0.968. The number of carbonyl (C=O) groups excluding carboxylic acids is 2. The van der Waals surface area contributed by atoms with Gasteiger partial charge in [0.15, 0.2) is 11.6 Å². The molecule has 3 nitrogen and oxygen atoms in total. The van der Waals surface area contributed by atoms with E-state index in [-0.39, 0.29) is 46.1 Å². The van der Waals surface area contributed by atoms with Gasteiger partial charge in [-0.3, -0.25) is 9.59 Å². The van der Waals surface area contributed by atoms with Crippen molar-refractivity contribution < 1.29 is 9.59 Å². The lowest BCUT2D eigenvalue weighted by atomic mass is 9.36. The van der Waals surface area contributed by atoms with Crippen LogP contribution in [0.15, 0.2) is 200 Å². The lowest BCUT2D eigenvalue weighted by Crippen LogP contribution is -2.61. The van der Waals surface area contributed by atoms with Crippen LogP contribution in [0.2, 0.25) is 0 Å². The van der Waals surface area contributed by atoms with E-state index in [0.29, 0.717) is 0 Å². The molecule has 8 aliphatic rings. The molecule has 2 heterocycles. The number of ketones is 2. The van der Waals surface area contributed by atoms with Gasteiger partial charge in [-0.25, -0.2) is 0 Å². The van der Waals surface area contributed by atoms with Gasteiger partial charge in [-0.15, -0.1) is 0 Å². The molecule has 20 rings (SSSR count). The highest BCUT2D eigenvalue weighted by Crippen LogP contribution is 2.76. The summed E-state index contributed by atoms with van der Waals surface area (Å²) in [6.07, 6.45) is 0. The van der Waals surface area contributed by atoms with Gasteiger partial charge in [-0.2, -0.15) is 0 Å². The molecule has 0 aliphatic heterocycles. The monoisotopic (exact) mass is 911 g/mol. The second-order valence-corrected chi connectivity index (χ2v) is 22.3. The van der Waals surface area contributed by atoms with Crippen LogP contribution in [0, 0.1) is 0 Å². The van der Waals surface area contributed by atoms with Crippen LogP contribution in [0.1, 0.15) is 122 Å². The standard InChI is InChI=1S/C69H37NO2/c71-65-46-32-56-41(29-43(46)59-37-18-4-11-25-52(37)68(59)54-27-13-6-20-39(54)62(65)68)45-30-42-36-17-3-10-24-51(36)67(49-22-8-1-15-34(49)35-16-2-9-23-50(35)67)61(42)58-48-31-44-47(33-57(48)70(56)64(45)58)66(72)63-40-21-7-14-28-55(40)69(63)53-26-12-5-19-38(53)60(44)69/h1-33,59-60,62-63H. The highest BCUT2D eigenvalue weighted by atomic mass is 16.1. The third-order valence-electron chi connectivity index (χ3n) is 20.2. The number of hydrogen-bond donors (Lipinski definition) is 0. The molecule has 330 valence electrons. The zero-order valence-electron chi connectivity index (χ0n) is 38.6. The summed E-state index contributed by atoms with van der Waals surface area (Å²) in [5.41, 5.74) is 26.3. The topological polar surface area (TPSA) is 38.5 Å². The van der Waals surface area contributed by atoms with Crippen molar-refractivity contribution in [3.05, 3.63) is 289 Å². The van der Waals surface area contributed by atoms with Crippen molar-refractivity contribution in [2.45, 2.75) is 39.9 Å². The van der Waals surface area contributed by atoms with Crippen molar-refractivity contribution in [1.82, 2.24) is 4.40 Å². The minimum absolute atomic E-state index is 0.0512. The van der Waals surface area contributed by atoms with E-state index >= 15 is 9.59 Å². The first kappa shape index (κ1) is 36.3. The Labute approximate surface area is 413 Å². The van der Waals surface area contributed by atoms with Crippen LogP contribution < -0.4 is 0 Å². The lowest BCUT2D eigenvalue weighted by molar-refractivity contribution is 0.0839. The minimum atomic E-state index is -0.595. The average Bonchev–Trinajstić information content (AvgIpc) is 4.10. The van der Waals surface area contributed by atoms with Gasteiger partial charge < -0.3 is 4.40 Å². The second kappa shape index (κ2) is 11.3. The van der Waals surface area contributed by atoms with Gasteiger partial charge >= 0.3 is 0 Å². The summed E-state index contributed by atoms with van der Waals surface area (Å²) < 4.78 is 2.48. The van der Waals surface area contributed by atoms with Crippen LogP contribution in [0.4, 0.5) is 0 Å². The van der Waals surface area contributed by atoms with Crippen molar-refractivity contribution >= 4 is 49.7 Å². The van der Waals surface area contributed by atoms with Gasteiger partial charge in [0.05, 0.1) is 33.8 Å². The summed E-state index contributed by atoms with van der Waals surface area (Å²) >= 11 is 0. The third kappa shape index (κ3) is 3.30. The molecule has 0 amide bonds. The number of hydrogen-bond acceptors (Lipinski definition) is 2. The van der Waals surface area contributed by atoms with Crippen LogP contribution in [0.25, 0.3) is 60.3 Å². The van der Waals surface area contributed by atoms with Crippen LogP contribution in [0.3, 0.4) is 0 Å². The Morgan fingerprint density at radius 2 is 0.694 bits per heavy atom. The summed E-state index contributed by atoms with van der Waals surface area (Å²) in [7, 11) is 0. The first-order chi connectivity index (χ1) is 35.6. The van der Waals surface area contributed by atoms with E-state index in [0.717, 1.165) is 44.2 Å². The van der Waals surface area contributed by atoms with Crippen molar-refractivity contribution in [3.63, 3.8) is 0 Å². The summed E-state index contributed by atoms with van der Waals surface area (Å²) in [6, 6.07) is 74.5. The number of aromatic nitrogens is 1. The predicted octanol–water partition coefficient (Wildman–Crippen LogP) is 14.6. The molecule has 8 aliphatic carbocycles. The molecule has 10 aromatic carbocycles. The number of Topliss-reactive ketones (excluding diaryl/α,β-unsaturated/α-hetero) is 2. The Hall–Kier alpha value is -8.66. The molecule has 0 bridgehead atoms. The molecule has 0 N–H and O–H groups in total.